The molecule has 0 aliphatic heterocycles. The van der Waals surface area contributed by atoms with Crippen molar-refractivity contribution in [3.8, 4) is 0 Å². The molecule has 0 bridgehead atoms. The van der Waals surface area contributed by atoms with Crippen molar-refractivity contribution in [1.82, 2.24) is 8.75 Å². The van der Waals surface area contributed by atoms with E-state index in [-0.39, 0.29) is 5.84 Å². The first kappa shape index (κ1) is 13.1. The molecule has 4 N–H and O–H groups in total. The number of rotatable bonds is 4. The van der Waals surface area contributed by atoms with E-state index in [2.05, 4.69) is 19.2 Å². The molecule has 9 heteroatoms. The van der Waals surface area contributed by atoms with Crippen LogP contribution in [0.5, 0.6) is 0 Å². The highest BCUT2D eigenvalue weighted by molar-refractivity contribution is 7.00. The second-order valence-electron chi connectivity index (χ2n) is 3.44. The van der Waals surface area contributed by atoms with Crippen LogP contribution in [0.2, 0.25) is 10.0 Å². The number of amidine groups is 1. The first-order chi connectivity index (χ1) is 8.63. The average Bonchev–Trinajstić information content (AvgIpc) is 2.82. The molecule has 0 aliphatic carbocycles. The quantitative estimate of drug-likeness (QED) is 0.349. The van der Waals surface area contributed by atoms with Crippen LogP contribution in [0.3, 0.4) is 0 Å². The molecular weight excluding hydrogens is 297 g/mol. The van der Waals surface area contributed by atoms with Gasteiger partial charge in [0.2, 0.25) is 0 Å². The van der Waals surface area contributed by atoms with Crippen LogP contribution in [0.1, 0.15) is 6.42 Å². The Morgan fingerprint density at radius 3 is 2.83 bits per heavy atom. The molecule has 2 rings (SSSR count). The molecule has 6 nitrogen and oxygen atoms in total. The van der Waals surface area contributed by atoms with Crippen LogP contribution in [0.25, 0.3) is 11.0 Å². The Kier molecular flexibility index (Phi) is 4.05. The van der Waals surface area contributed by atoms with Crippen LogP contribution in [0, 0.1) is 0 Å². The van der Waals surface area contributed by atoms with Crippen molar-refractivity contribution in [2.75, 3.05) is 11.9 Å². The average molecular weight is 306 g/mol. The minimum absolute atomic E-state index is 0.139. The zero-order valence-corrected chi connectivity index (χ0v) is 11.4. The summed E-state index contributed by atoms with van der Waals surface area (Å²) in [5.74, 6) is 0.139. The number of hydrogen-bond donors (Lipinski definition) is 3. The van der Waals surface area contributed by atoms with E-state index in [0.717, 1.165) is 11.7 Å². The van der Waals surface area contributed by atoms with Crippen LogP contribution in [0.15, 0.2) is 11.2 Å². The maximum absolute atomic E-state index is 8.43. The van der Waals surface area contributed by atoms with Crippen molar-refractivity contribution in [1.29, 1.82) is 0 Å². The predicted molar refractivity (Wildman–Crippen MR) is 74.0 cm³/mol. The molecular formula is C9H9Cl2N5OS. The minimum Gasteiger partial charge on any atom is -0.409 e. The standard InChI is InChI=1S/C9H9Cl2N5OS/c10-4-3-5(11)8-9(16-18-15-8)7(4)13-2-1-6(12)14-17/h3,13,17H,1-2H2,(H2,12,14). The lowest BCUT2D eigenvalue weighted by Gasteiger charge is -2.08. The smallest absolute Gasteiger partial charge is 0.140 e. The number of oxime groups is 1. The van der Waals surface area contributed by atoms with Crippen LogP contribution >= 0.6 is 34.9 Å². The highest BCUT2D eigenvalue weighted by Gasteiger charge is 2.13. The molecule has 1 aromatic heterocycles. The monoisotopic (exact) mass is 305 g/mol. The van der Waals surface area contributed by atoms with Crippen molar-refractivity contribution < 1.29 is 5.21 Å². The van der Waals surface area contributed by atoms with Gasteiger partial charge in [0, 0.05) is 13.0 Å². The molecule has 0 fully saturated rings. The van der Waals surface area contributed by atoms with E-state index in [1.54, 1.807) is 6.07 Å². The van der Waals surface area contributed by atoms with Gasteiger partial charge in [-0.05, 0) is 6.07 Å². The lowest BCUT2D eigenvalue weighted by molar-refractivity contribution is 0.317. The lowest BCUT2D eigenvalue weighted by atomic mass is 10.2. The molecule has 1 aromatic carbocycles. The summed E-state index contributed by atoms with van der Waals surface area (Å²) in [6.45, 7) is 0.462. The molecule has 96 valence electrons. The predicted octanol–water partition coefficient (Wildman–Crippen LogP) is 2.55. The fraction of sp³-hybridized carbons (Fsp3) is 0.222. The zero-order chi connectivity index (χ0) is 13.1. The Balaban J connectivity index is 2.25. The molecule has 18 heavy (non-hydrogen) atoms. The normalized spacial score (nSPS) is 12.0. The van der Waals surface area contributed by atoms with E-state index in [1.165, 1.54) is 0 Å². The van der Waals surface area contributed by atoms with Gasteiger partial charge < -0.3 is 16.3 Å². The maximum atomic E-state index is 8.43. The molecule has 0 saturated carbocycles. The van der Waals surface area contributed by atoms with Gasteiger partial charge in [-0.2, -0.15) is 8.75 Å². The minimum atomic E-state index is 0.139. The summed E-state index contributed by atoms with van der Waals surface area (Å²) in [6.07, 6.45) is 0.383. The number of hydrogen-bond acceptors (Lipinski definition) is 6. The summed E-state index contributed by atoms with van der Waals surface area (Å²) in [5.41, 5.74) is 7.25. The Hall–Kier alpha value is -1.31. The summed E-state index contributed by atoms with van der Waals surface area (Å²) >= 11 is 13.2. The number of nitrogens with two attached hydrogens (primary N) is 1. The van der Waals surface area contributed by atoms with Crippen LogP contribution in [0.4, 0.5) is 5.69 Å². The van der Waals surface area contributed by atoms with Crippen LogP contribution in [-0.2, 0) is 0 Å². The molecule has 0 amide bonds. The van der Waals surface area contributed by atoms with Gasteiger partial charge in [0.1, 0.15) is 16.9 Å². The third kappa shape index (κ3) is 2.58. The Bertz CT molecular complexity index is 600. The van der Waals surface area contributed by atoms with E-state index in [4.69, 9.17) is 34.1 Å². The summed E-state index contributed by atoms with van der Waals surface area (Å²) in [7, 11) is 0. The first-order valence-electron chi connectivity index (χ1n) is 4.94. The lowest BCUT2D eigenvalue weighted by Crippen LogP contribution is -2.16. The number of halogens is 2. The van der Waals surface area contributed by atoms with Gasteiger partial charge >= 0.3 is 0 Å². The Morgan fingerprint density at radius 1 is 1.39 bits per heavy atom. The fourth-order valence-corrected chi connectivity index (χ4v) is 2.59. The van der Waals surface area contributed by atoms with Gasteiger partial charge in [-0.15, -0.1) is 0 Å². The number of nitrogens with zero attached hydrogens (tertiary/aromatic N) is 3. The van der Waals surface area contributed by atoms with E-state index in [1.807, 2.05) is 0 Å². The van der Waals surface area contributed by atoms with Gasteiger partial charge in [-0.25, -0.2) is 0 Å². The summed E-state index contributed by atoms with van der Waals surface area (Å²) in [6, 6.07) is 1.61. The van der Waals surface area contributed by atoms with E-state index in [9.17, 15) is 0 Å². The number of fused-ring (bicyclic) bond motifs is 1. The van der Waals surface area contributed by atoms with E-state index in [0.29, 0.717) is 39.7 Å². The number of aromatic nitrogens is 2. The van der Waals surface area contributed by atoms with Crippen LogP contribution in [-0.4, -0.2) is 26.3 Å². The topological polar surface area (TPSA) is 96.4 Å². The van der Waals surface area contributed by atoms with Gasteiger partial charge in [-0.3, -0.25) is 0 Å². The fourth-order valence-electron chi connectivity index (χ4n) is 1.41. The molecule has 0 aliphatic rings. The summed E-state index contributed by atoms with van der Waals surface area (Å²) in [4.78, 5) is 0. The maximum Gasteiger partial charge on any atom is 0.140 e. The molecule has 0 spiro atoms. The highest BCUT2D eigenvalue weighted by atomic mass is 35.5. The zero-order valence-electron chi connectivity index (χ0n) is 9.02. The third-order valence-electron chi connectivity index (χ3n) is 2.26. The van der Waals surface area contributed by atoms with Gasteiger partial charge in [0.25, 0.3) is 0 Å². The third-order valence-corrected chi connectivity index (χ3v) is 3.37. The van der Waals surface area contributed by atoms with Crippen molar-refractivity contribution in [3.63, 3.8) is 0 Å². The van der Waals surface area contributed by atoms with Crippen LogP contribution < -0.4 is 11.1 Å². The molecule has 0 saturated heterocycles. The van der Waals surface area contributed by atoms with Crippen molar-refractivity contribution in [2.45, 2.75) is 6.42 Å². The SMILES string of the molecule is NC(CCNc1c(Cl)cc(Cl)c2nsnc12)=NO. The Labute approximate surface area is 117 Å². The molecule has 0 atom stereocenters. The van der Waals surface area contributed by atoms with Gasteiger partial charge in [0.15, 0.2) is 0 Å². The molecule has 2 aromatic rings. The highest BCUT2D eigenvalue weighted by Crippen LogP contribution is 2.35. The second kappa shape index (κ2) is 5.55. The number of nitrogens with one attached hydrogen (secondary N) is 1. The summed E-state index contributed by atoms with van der Waals surface area (Å²) in [5, 5.41) is 15.3. The van der Waals surface area contributed by atoms with Gasteiger partial charge in [-0.1, -0.05) is 28.4 Å². The van der Waals surface area contributed by atoms with Crippen molar-refractivity contribution in [3.05, 3.63) is 16.1 Å². The largest absolute Gasteiger partial charge is 0.409 e. The van der Waals surface area contributed by atoms with E-state index >= 15 is 0 Å². The van der Waals surface area contributed by atoms with E-state index < -0.39 is 0 Å². The Morgan fingerprint density at radius 2 is 2.11 bits per heavy atom. The number of anilines is 1. The summed E-state index contributed by atoms with van der Waals surface area (Å²) < 4.78 is 8.24. The van der Waals surface area contributed by atoms with Gasteiger partial charge in [0.05, 0.1) is 27.5 Å². The number of benzene rings is 1. The molecule has 1 heterocycles. The second-order valence-corrected chi connectivity index (χ2v) is 4.79. The molecule has 0 unspecified atom stereocenters. The first-order valence-corrected chi connectivity index (χ1v) is 6.42. The molecule has 0 radical (unpaired) electrons. The van der Waals surface area contributed by atoms with Crippen molar-refractivity contribution in [2.24, 2.45) is 10.9 Å². The van der Waals surface area contributed by atoms with Crippen molar-refractivity contribution >= 4 is 57.5 Å².